The SMILES string of the molecule is CC(CC1CCC1)NCCN1CCOCC1. The summed E-state index contributed by atoms with van der Waals surface area (Å²) in [6, 6.07) is 0.700. The number of rotatable bonds is 6. The van der Waals surface area contributed by atoms with Gasteiger partial charge in [0, 0.05) is 32.2 Å². The van der Waals surface area contributed by atoms with Gasteiger partial charge in [-0.05, 0) is 19.3 Å². The monoisotopic (exact) mass is 226 g/mol. The first-order valence-electron chi connectivity index (χ1n) is 6.88. The van der Waals surface area contributed by atoms with Crippen molar-refractivity contribution in [1.29, 1.82) is 0 Å². The molecule has 0 bridgehead atoms. The van der Waals surface area contributed by atoms with Crippen LogP contribution in [0.3, 0.4) is 0 Å². The van der Waals surface area contributed by atoms with Crippen molar-refractivity contribution in [2.24, 2.45) is 5.92 Å². The fraction of sp³-hybridized carbons (Fsp3) is 1.00. The molecular weight excluding hydrogens is 200 g/mol. The number of nitrogens with zero attached hydrogens (tertiary/aromatic N) is 1. The number of hydrogen-bond donors (Lipinski definition) is 1. The molecule has 0 radical (unpaired) electrons. The molecule has 1 unspecified atom stereocenters. The van der Waals surface area contributed by atoms with E-state index in [-0.39, 0.29) is 0 Å². The highest BCUT2D eigenvalue weighted by Crippen LogP contribution is 2.30. The van der Waals surface area contributed by atoms with Crippen molar-refractivity contribution in [3.8, 4) is 0 Å². The van der Waals surface area contributed by atoms with Crippen LogP contribution < -0.4 is 5.32 Å². The Morgan fingerprint density at radius 1 is 1.31 bits per heavy atom. The quantitative estimate of drug-likeness (QED) is 0.742. The van der Waals surface area contributed by atoms with Gasteiger partial charge in [0.25, 0.3) is 0 Å². The molecule has 94 valence electrons. The van der Waals surface area contributed by atoms with Gasteiger partial charge in [0.05, 0.1) is 13.2 Å². The van der Waals surface area contributed by atoms with Crippen LogP contribution in [-0.4, -0.2) is 50.3 Å². The van der Waals surface area contributed by atoms with Crippen LogP contribution in [0.25, 0.3) is 0 Å². The highest BCUT2D eigenvalue weighted by atomic mass is 16.5. The van der Waals surface area contributed by atoms with Gasteiger partial charge in [-0.25, -0.2) is 0 Å². The third-order valence-electron chi connectivity index (χ3n) is 3.94. The standard InChI is InChI=1S/C13H26N2O/c1-12(11-13-3-2-4-13)14-5-6-15-7-9-16-10-8-15/h12-14H,2-11H2,1H3. The Morgan fingerprint density at radius 3 is 2.69 bits per heavy atom. The summed E-state index contributed by atoms with van der Waals surface area (Å²) in [6.45, 7) is 8.69. The molecule has 0 spiro atoms. The van der Waals surface area contributed by atoms with E-state index in [1.54, 1.807) is 0 Å². The lowest BCUT2D eigenvalue weighted by Crippen LogP contribution is -2.42. The van der Waals surface area contributed by atoms with Gasteiger partial charge in [-0.15, -0.1) is 0 Å². The van der Waals surface area contributed by atoms with Crippen molar-refractivity contribution in [1.82, 2.24) is 10.2 Å². The second kappa shape index (κ2) is 6.58. The lowest BCUT2D eigenvalue weighted by molar-refractivity contribution is 0.0380. The predicted octanol–water partition coefficient (Wildman–Crippen LogP) is 1.49. The van der Waals surface area contributed by atoms with Gasteiger partial charge in [-0.2, -0.15) is 0 Å². The molecule has 0 aromatic rings. The third kappa shape index (κ3) is 4.04. The summed E-state index contributed by atoms with van der Waals surface area (Å²) >= 11 is 0. The minimum Gasteiger partial charge on any atom is -0.379 e. The topological polar surface area (TPSA) is 24.5 Å². The molecule has 2 aliphatic rings. The van der Waals surface area contributed by atoms with Gasteiger partial charge in [-0.3, -0.25) is 4.90 Å². The summed E-state index contributed by atoms with van der Waals surface area (Å²) in [7, 11) is 0. The van der Waals surface area contributed by atoms with Crippen LogP contribution in [0.5, 0.6) is 0 Å². The van der Waals surface area contributed by atoms with Gasteiger partial charge in [0.1, 0.15) is 0 Å². The van der Waals surface area contributed by atoms with Crippen LogP contribution in [0, 0.1) is 5.92 Å². The Balaban J connectivity index is 1.49. The zero-order valence-electron chi connectivity index (χ0n) is 10.6. The Labute approximate surface area is 99.5 Å². The molecule has 2 rings (SSSR count). The lowest BCUT2D eigenvalue weighted by atomic mass is 9.81. The van der Waals surface area contributed by atoms with Gasteiger partial charge < -0.3 is 10.1 Å². The van der Waals surface area contributed by atoms with Gasteiger partial charge in [0.2, 0.25) is 0 Å². The number of nitrogens with one attached hydrogen (secondary N) is 1. The highest BCUT2D eigenvalue weighted by Gasteiger charge is 2.19. The Hall–Kier alpha value is -0.120. The minimum absolute atomic E-state index is 0.700. The predicted molar refractivity (Wildman–Crippen MR) is 66.7 cm³/mol. The first kappa shape index (κ1) is 12.3. The van der Waals surface area contributed by atoms with Crippen molar-refractivity contribution < 1.29 is 4.74 Å². The molecule has 1 saturated heterocycles. The maximum absolute atomic E-state index is 5.34. The molecule has 1 heterocycles. The maximum atomic E-state index is 5.34. The highest BCUT2D eigenvalue weighted by molar-refractivity contribution is 4.75. The van der Waals surface area contributed by atoms with E-state index < -0.39 is 0 Å². The van der Waals surface area contributed by atoms with Crippen LogP contribution in [-0.2, 0) is 4.74 Å². The molecule has 1 aliphatic heterocycles. The minimum atomic E-state index is 0.700. The molecule has 1 aliphatic carbocycles. The third-order valence-corrected chi connectivity index (χ3v) is 3.94. The molecule has 0 aromatic carbocycles. The molecule has 0 amide bonds. The summed E-state index contributed by atoms with van der Waals surface area (Å²) in [6.07, 6.45) is 5.78. The summed E-state index contributed by atoms with van der Waals surface area (Å²) in [5.74, 6) is 1.02. The normalized spacial score (nSPS) is 25.3. The van der Waals surface area contributed by atoms with Gasteiger partial charge >= 0.3 is 0 Å². The first-order chi connectivity index (χ1) is 7.84. The maximum Gasteiger partial charge on any atom is 0.0594 e. The van der Waals surface area contributed by atoms with Crippen molar-refractivity contribution in [2.45, 2.75) is 38.6 Å². The van der Waals surface area contributed by atoms with Crippen LogP contribution in [0.15, 0.2) is 0 Å². The molecule has 16 heavy (non-hydrogen) atoms. The van der Waals surface area contributed by atoms with E-state index in [4.69, 9.17) is 4.74 Å². The average Bonchev–Trinajstić information content (AvgIpc) is 2.25. The molecular formula is C13H26N2O. The first-order valence-corrected chi connectivity index (χ1v) is 6.88. The second-order valence-corrected chi connectivity index (χ2v) is 5.34. The van der Waals surface area contributed by atoms with Crippen molar-refractivity contribution in [3.63, 3.8) is 0 Å². The Kier molecular flexibility index (Phi) is 5.07. The van der Waals surface area contributed by atoms with E-state index in [1.807, 2.05) is 0 Å². The van der Waals surface area contributed by atoms with E-state index in [0.29, 0.717) is 6.04 Å². The van der Waals surface area contributed by atoms with E-state index in [2.05, 4.69) is 17.1 Å². The molecule has 2 fully saturated rings. The van der Waals surface area contributed by atoms with Crippen molar-refractivity contribution in [2.75, 3.05) is 39.4 Å². The fourth-order valence-electron chi connectivity index (χ4n) is 2.61. The largest absolute Gasteiger partial charge is 0.379 e. The zero-order chi connectivity index (χ0) is 11.2. The van der Waals surface area contributed by atoms with Crippen LogP contribution in [0.1, 0.15) is 32.6 Å². The van der Waals surface area contributed by atoms with Crippen LogP contribution in [0.4, 0.5) is 0 Å². The molecule has 3 heteroatoms. The van der Waals surface area contributed by atoms with E-state index in [1.165, 1.54) is 32.2 Å². The van der Waals surface area contributed by atoms with E-state index in [0.717, 1.165) is 38.8 Å². The van der Waals surface area contributed by atoms with E-state index in [9.17, 15) is 0 Å². The fourth-order valence-corrected chi connectivity index (χ4v) is 2.61. The summed E-state index contributed by atoms with van der Waals surface area (Å²) < 4.78 is 5.34. The van der Waals surface area contributed by atoms with Crippen molar-refractivity contribution in [3.05, 3.63) is 0 Å². The smallest absolute Gasteiger partial charge is 0.0594 e. The molecule has 3 nitrogen and oxygen atoms in total. The van der Waals surface area contributed by atoms with E-state index >= 15 is 0 Å². The molecule has 1 saturated carbocycles. The van der Waals surface area contributed by atoms with Crippen molar-refractivity contribution >= 4 is 0 Å². The summed E-state index contributed by atoms with van der Waals surface area (Å²) in [4.78, 5) is 2.49. The molecule has 0 aromatic heterocycles. The summed E-state index contributed by atoms with van der Waals surface area (Å²) in [5, 5.41) is 3.65. The second-order valence-electron chi connectivity index (χ2n) is 5.34. The van der Waals surface area contributed by atoms with Gasteiger partial charge in [0.15, 0.2) is 0 Å². The molecule has 1 N–H and O–H groups in total. The number of ether oxygens (including phenoxy) is 1. The Bertz CT molecular complexity index is 188. The summed E-state index contributed by atoms with van der Waals surface area (Å²) in [5.41, 5.74) is 0. The number of morpholine rings is 1. The average molecular weight is 226 g/mol. The lowest BCUT2D eigenvalue weighted by Gasteiger charge is -2.30. The Morgan fingerprint density at radius 2 is 2.06 bits per heavy atom. The zero-order valence-corrected chi connectivity index (χ0v) is 10.6. The van der Waals surface area contributed by atoms with Crippen LogP contribution >= 0.6 is 0 Å². The van der Waals surface area contributed by atoms with Crippen LogP contribution in [0.2, 0.25) is 0 Å². The number of hydrogen-bond acceptors (Lipinski definition) is 3. The molecule has 1 atom stereocenters. The van der Waals surface area contributed by atoms with Gasteiger partial charge in [-0.1, -0.05) is 19.3 Å².